The molecular weight excluding hydrogens is 328 g/mol. The maximum absolute atomic E-state index is 12.4. The number of aromatic nitrogens is 1. The lowest BCUT2D eigenvalue weighted by atomic mass is 10.3. The molecule has 6 heteroatoms. The summed E-state index contributed by atoms with van der Waals surface area (Å²) < 4.78 is 26.8. The Morgan fingerprint density at radius 2 is 1.79 bits per heavy atom. The van der Waals surface area contributed by atoms with Gasteiger partial charge in [-0.1, -0.05) is 12.1 Å². The summed E-state index contributed by atoms with van der Waals surface area (Å²) in [5, 5.41) is 0. The van der Waals surface area contributed by atoms with E-state index in [-0.39, 0.29) is 4.90 Å². The molecule has 1 heterocycles. The lowest BCUT2D eigenvalue weighted by molar-refractivity contribution is 0.466. The highest BCUT2D eigenvalue weighted by atomic mass is 79.9. The summed E-state index contributed by atoms with van der Waals surface area (Å²) in [6.07, 6.45) is 3.29. The third kappa shape index (κ3) is 3.20. The zero-order chi connectivity index (χ0) is 13.9. The summed E-state index contributed by atoms with van der Waals surface area (Å²) in [6, 6.07) is 10.4. The van der Waals surface area contributed by atoms with Gasteiger partial charge in [-0.05, 0) is 45.8 Å². The quantitative estimate of drug-likeness (QED) is 0.859. The van der Waals surface area contributed by atoms with Crippen LogP contribution in [0, 0.1) is 0 Å². The van der Waals surface area contributed by atoms with Crippen molar-refractivity contribution in [2.45, 2.75) is 11.4 Å². The number of hydrogen-bond donors (Lipinski definition) is 0. The Bertz CT molecular complexity index is 659. The van der Waals surface area contributed by atoms with Crippen LogP contribution in [0.15, 0.2) is 58.2 Å². The molecule has 0 atom stereocenters. The molecule has 0 aliphatic heterocycles. The van der Waals surface area contributed by atoms with E-state index in [1.165, 1.54) is 4.31 Å². The number of hydrogen-bond acceptors (Lipinski definition) is 3. The van der Waals surface area contributed by atoms with E-state index in [9.17, 15) is 8.42 Å². The fourth-order valence-electron chi connectivity index (χ4n) is 1.65. The Kier molecular flexibility index (Phi) is 4.34. The molecule has 0 unspecified atom stereocenters. The van der Waals surface area contributed by atoms with Gasteiger partial charge in [0.1, 0.15) is 0 Å². The molecule has 0 bridgehead atoms. The molecule has 1 aromatic heterocycles. The standard InChI is InChI=1S/C13H13BrN2O2S/c1-16(10-11-6-8-15-9-7-11)19(17,18)13-5-3-2-4-12(13)14/h2-9H,10H2,1H3. The molecule has 0 fully saturated rings. The van der Waals surface area contributed by atoms with Crippen LogP contribution in [0.25, 0.3) is 0 Å². The number of nitrogens with zero attached hydrogens (tertiary/aromatic N) is 2. The van der Waals surface area contributed by atoms with E-state index in [1.807, 2.05) is 0 Å². The van der Waals surface area contributed by atoms with Crippen molar-refractivity contribution in [1.82, 2.24) is 9.29 Å². The van der Waals surface area contributed by atoms with Gasteiger partial charge in [-0.25, -0.2) is 8.42 Å². The second kappa shape index (κ2) is 5.81. The van der Waals surface area contributed by atoms with Crippen LogP contribution in [0.5, 0.6) is 0 Å². The van der Waals surface area contributed by atoms with E-state index in [2.05, 4.69) is 20.9 Å². The second-order valence-electron chi connectivity index (χ2n) is 4.05. The van der Waals surface area contributed by atoms with Gasteiger partial charge in [0.15, 0.2) is 0 Å². The first-order chi connectivity index (χ1) is 9.01. The highest BCUT2D eigenvalue weighted by molar-refractivity contribution is 9.10. The molecule has 0 aliphatic rings. The average molecular weight is 341 g/mol. The number of halogens is 1. The minimum absolute atomic E-state index is 0.270. The first-order valence-corrected chi connectivity index (χ1v) is 7.85. The Morgan fingerprint density at radius 1 is 1.16 bits per heavy atom. The maximum Gasteiger partial charge on any atom is 0.244 e. The summed E-state index contributed by atoms with van der Waals surface area (Å²) >= 11 is 3.27. The smallest absolute Gasteiger partial charge is 0.244 e. The fraction of sp³-hybridized carbons (Fsp3) is 0.154. The number of sulfonamides is 1. The van der Waals surface area contributed by atoms with E-state index in [4.69, 9.17) is 0 Å². The van der Waals surface area contributed by atoms with E-state index in [0.717, 1.165) is 5.56 Å². The number of pyridine rings is 1. The van der Waals surface area contributed by atoms with Crippen molar-refractivity contribution in [3.63, 3.8) is 0 Å². The van der Waals surface area contributed by atoms with Crippen LogP contribution in [0.3, 0.4) is 0 Å². The molecule has 19 heavy (non-hydrogen) atoms. The Labute approximate surface area is 121 Å². The molecule has 2 rings (SSSR count). The first kappa shape index (κ1) is 14.2. The van der Waals surface area contributed by atoms with Crippen LogP contribution in [-0.2, 0) is 16.6 Å². The van der Waals surface area contributed by atoms with Crippen LogP contribution in [0.1, 0.15) is 5.56 Å². The average Bonchev–Trinajstić information content (AvgIpc) is 2.40. The van der Waals surface area contributed by atoms with Crippen molar-refractivity contribution in [3.05, 3.63) is 58.8 Å². The Balaban J connectivity index is 2.28. The second-order valence-corrected chi connectivity index (χ2v) is 6.91. The first-order valence-electron chi connectivity index (χ1n) is 5.61. The van der Waals surface area contributed by atoms with Crippen molar-refractivity contribution in [1.29, 1.82) is 0 Å². The van der Waals surface area contributed by atoms with Crippen LogP contribution in [0.4, 0.5) is 0 Å². The van der Waals surface area contributed by atoms with Crippen LogP contribution < -0.4 is 0 Å². The summed E-state index contributed by atoms with van der Waals surface area (Å²) in [4.78, 5) is 4.18. The molecule has 0 aliphatic carbocycles. The normalized spacial score (nSPS) is 11.7. The molecule has 0 radical (unpaired) electrons. The van der Waals surface area contributed by atoms with Crippen molar-refractivity contribution < 1.29 is 8.42 Å². The van der Waals surface area contributed by atoms with Crippen molar-refractivity contribution in [2.75, 3.05) is 7.05 Å². The van der Waals surface area contributed by atoms with Gasteiger partial charge in [0, 0.05) is 30.5 Å². The van der Waals surface area contributed by atoms with E-state index < -0.39 is 10.0 Å². The minimum Gasteiger partial charge on any atom is -0.265 e. The van der Waals surface area contributed by atoms with Gasteiger partial charge < -0.3 is 0 Å². The van der Waals surface area contributed by atoms with E-state index in [1.54, 1.807) is 55.8 Å². The lowest BCUT2D eigenvalue weighted by Gasteiger charge is -2.18. The Morgan fingerprint density at radius 3 is 2.42 bits per heavy atom. The van der Waals surface area contributed by atoms with Crippen molar-refractivity contribution in [3.8, 4) is 0 Å². The van der Waals surface area contributed by atoms with Crippen molar-refractivity contribution >= 4 is 26.0 Å². The van der Waals surface area contributed by atoms with Gasteiger partial charge in [-0.15, -0.1) is 0 Å². The summed E-state index contributed by atoms with van der Waals surface area (Å²) in [7, 11) is -1.94. The number of benzene rings is 1. The predicted molar refractivity (Wildman–Crippen MR) is 77.0 cm³/mol. The van der Waals surface area contributed by atoms with Crippen LogP contribution in [-0.4, -0.2) is 24.8 Å². The van der Waals surface area contributed by atoms with Gasteiger partial charge in [-0.2, -0.15) is 4.31 Å². The number of rotatable bonds is 4. The molecule has 0 N–H and O–H groups in total. The topological polar surface area (TPSA) is 50.3 Å². The lowest BCUT2D eigenvalue weighted by Crippen LogP contribution is -2.26. The molecule has 100 valence electrons. The fourth-order valence-corrected chi connectivity index (χ4v) is 3.77. The molecule has 2 aromatic rings. The molecular formula is C13H13BrN2O2S. The minimum atomic E-state index is -3.50. The zero-order valence-electron chi connectivity index (χ0n) is 10.3. The molecule has 0 saturated carbocycles. The van der Waals surface area contributed by atoms with Gasteiger partial charge >= 0.3 is 0 Å². The molecule has 0 spiro atoms. The summed E-state index contributed by atoms with van der Waals surface area (Å²) in [5.74, 6) is 0. The van der Waals surface area contributed by atoms with Gasteiger partial charge in [0.05, 0.1) is 4.90 Å². The molecule has 4 nitrogen and oxygen atoms in total. The van der Waals surface area contributed by atoms with Gasteiger partial charge in [-0.3, -0.25) is 4.98 Å². The highest BCUT2D eigenvalue weighted by Crippen LogP contribution is 2.24. The highest BCUT2D eigenvalue weighted by Gasteiger charge is 2.22. The van der Waals surface area contributed by atoms with E-state index >= 15 is 0 Å². The van der Waals surface area contributed by atoms with Crippen LogP contribution in [0.2, 0.25) is 0 Å². The van der Waals surface area contributed by atoms with E-state index in [0.29, 0.717) is 11.0 Å². The predicted octanol–water partition coefficient (Wildman–Crippen LogP) is 2.66. The zero-order valence-corrected chi connectivity index (χ0v) is 12.7. The SMILES string of the molecule is CN(Cc1ccncc1)S(=O)(=O)c1ccccc1Br. The molecule has 1 aromatic carbocycles. The molecule has 0 saturated heterocycles. The third-order valence-electron chi connectivity index (χ3n) is 2.68. The maximum atomic E-state index is 12.4. The third-order valence-corrected chi connectivity index (χ3v) is 5.49. The summed E-state index contributed by atoms with van der Waals surface area (Å²) in [5.41, 5.74) is 0.896. The van der Waals surface area contributed by atoms with Gasteiger partial charge in [0.25, 0.3) is 0 Å². The van der Waals surface area contributed by atoms with Crippen LogP contribution >= 0.6 is 15.9 Å². The monoisotopic (exact) mass is 340 g/mol. The molecule has 0 amide bonds. The van der Waals surface area contributed by atoms with Crippen molar-refractivity contribution in [2.24, 2.45) is 0 Å². The Hall–Kier alpha value is -1.24. The summed E-state index contributed by atoms with van der Waals surface area (Å²) in [6.45, 7) is 0.312. The largest absolute Gasteiger partial charge is 0.265 e. The van der Waals surface area contributed by atoms with Gasteiger partial charge in [0.2, 0.25) is 10.0 Å².